The number of piperidine rings is 1. The number of aromatic amines is 1. The molecule has 1 aromatic carbocycles. The largest absolute Gasteiger partial charge is 0.497 e. The number of carbonyl (C=O) groups excluding carboxylic acids is 1. The van der Waals surface area contributed by atoms with Gasteiger partial charge in [0.1, 0.15) is 11.6 Å². The Kier molecular flexibility index (Phi) is 5.24. The van der Waals surface area contributed by atoms with Crippen LogP contribution in [0, 0.1) is 0 Å². The second-order valence-corrected chi connectivity index (χ2v) is 7.04. The van der Waals surface area contributed by atoms with Crippen molar-refractivity contribution in [1.82, 2.24) is 19.4 Å². The van der Waals surface area contributed by atoms with Gasteiger partial charge >= 0.3 is 6.09 Å². The lowest BCUT2D eigenvalue weighted by molar-refractivity contribution is 0.0928. The van der Waals surface area contributed by atoms with Gasteiger partial charge in [-0.15, -0.1) is 0 Å². The van der Waals surface area contributed by atoms with Crippen LogP contribution in [0.15, 0.2) is 41.5 Å². The molecule has 3 heterocycles. The molecule has 0 unspecified atom stereocenters. The van der Waals surface area contributed by atoms with Crippen molar-refractivity contribution in [2.45, 2.75) is 25.8 Å². The molecule has 3 aromatic rings. The van der Waals surface area contributed by atoms with E-state index < -0.39 is 0 Å². The molecule has 1 amide bonds. The minimum absolute atomic E-state index is 0.171. The van der Waals surface area contributed by atoms with Crippen molar-refractivity contribution in [3.63, 3.8) is 0 Å². The van der Waals surface area contributed by atoms with E-state index in [1.807, 2.05) is 29.0 Å². The number of benzene rings is 1. The Balaban J connectivity index is 1.61. The van der Waals surface area contributed by atoms with Crippen LogP contribution in [0.1, 0.15) is 25.8 Å². The summed E-state index contributed by atoms with van der Waals surface area (Å²) in [6.07, 6.45) is 4.91. The van der Waals surface area contributed by atoms with Crippen LogP contribution in [0.4, 0.5) is 4.79 Å². The number of nitrogens with zero attached hydrogens (tertiary/aromatic N) is 3. The summed E-state index contributed by atoms with van der Waals surface area (Å²) in [4.78, 5) is 33.8. The Morgan fingerprint density at radius 3 is 2.79 bits per heavy atom. The normalized spacial score (nSPS) is 14.9. The van der Waals surface area contributed by atoms with Crippen molar-refractivity contribution < 1.29 is 14.3 Å². The fourth-order valence-electron chi connectivity index (χ4n) is 3.83. The quantitative estimate of drug-likeness (QED) is 0.732. The van der Waals surface area contributed by atoms with Gasteiger partial charge in [0.15, 0.2) is 0 Å². The highest BCUT2D eigenvalue weighted by atomic mass is 16.6. The van der Waals surface area contributed by atoms with E-state index in [0.717, 1.165) is 23.7 Å². The van der Waals surface area contributed by atoms with Gasteiger partial charge < -0.3 is 23.9 Å². The van der Waals surface area contributed by atoms with E-state index in [0.29, 0.717) is 36.8 Å². The fourth-order valence-corrected chi connectivity index (χ4v) is 3.83. The number of rotatable bonds is 4. The van der Waals surface area contributed by atoms with Crippen LogP contribution in [-0.2, 0) is 4.74 Å². The first-order valence-corrected chi connectivity index (χ1v) is 9.76. The van der Waals surface area contributed by atoms with Gasteiger partial charge in [-0.2, -0.15) is 0 Å². The van der Waals surface area contributed by atoms with Gasteiger partial charge in [0.25, 0.3) is 5.56 Å². The second-order valence-electron chi connectivity index (χ2n) is 7.04. The van der Waals surface area contributed by atoms with Crippen LogP contribution < -0.4 is 10.3 Å². The van der Waals surface area contributed by atoms with Gasteiger partial charge in [-0.25, -0.2) is 9.78 Å². The predicted octanol–water partition coefficient (Wildman–Crippen LogP) is 3.19. The lowest BCUT2D eigenvalue weighted by Crippen LogP contribution is -2.39. The summed E-state index contributed by atoms with van der Waals surface area (Å²) >= 11 is 0. The molecule has 0 saturated carbocycles. The zero-order valence-electron chi connectivity index (χ0n) is 16.6. The Bertz CT molecular complexity index is 1080. The van der Waals surface area contributed by atoms with E-state index in [1.54, 1.807) is 31.2 Å². The minimum atomic E-state index is -0.266. The third-order valence-corrected chi connectivity index (χ3v) is 5.35. The molecule has 152 valence electrons. The molecule has 0 spiro atoms. The summed E-state index contributed by atoms with van der Waals surface area (Å²) < 4.78 is 12.4. The number of hydrogen-bond donors (Lipinski definition) is 1. The molecule has 1 aliphatic heterocycles. The monoisotopic (exact) mass is 396 g/mol. The molecule has 1 saturated heterocycles. The molecule has 1 fully saturated rings. The Labute approximate surface area is 168 Å². The standard InChI is InChI=1S/C21H24N4O4/c1-3-29-21(27)24-9-6-15(7-10-24)25-11-8-22-19(25)17-12-14-4-5-16(28-2)13-18(14)23-20(17)26/h4-5,8,11-13,15H,3,6-7,9-10H2,1-2H3,(H,23,26). The number of likely N-dealkylation sites (tertiary alicyclic amines) is 1. The average Bonchev–Trinajstić information content (AvgIpc) is 3.22. The van der Waals surface area contributed by atoms with E-state index in [2.05, 4.69) is 9.97 Å². The molecule has 1 N–H and O–H groups in total. The van der Waals surface area contributed by atoms with Gasteiger partial charge in [0.2, 0.25) is 0 Å². The molecule has 8 heteroatoms. The smallest absolute Gasteiger partial charge is 0.409 e. The highest BCUT2D eigenvalue weighted by Gasteiger charge is 2.26. The Morgan fingerprint density at radius 2 is 2.07 bits per heavy atom. The maximum atomic E-state index is 12.8. The van der Waals surface area contributed by atoms with Crippen molar-refractivity contribution in [2.75, 3.05) is 26.8 Å². The maximum absolute atomic E-state index is 12.8. The number of fused-ring (bicyclic) bond motifs is 1. The topological polar surface area (TPSA) is 89.4 Å². The van der Waals surface area contributed by atoms with E-state index in [4.69, 9.17) is 9.47 Å². The van der Waals surface area contributed by atoms with E-state index in [-0.39, 0.29) is 17.7 Å². The molecule has 4 rings (SSSR count). The summed E-state index contributed by atoms with van der Waals surface area (Å²) in [5.74, 6) is 1.33. The lowest BCUT2D eigenvalue weighted by Gasteiger charge is -2.32. The summed E-state index contributed by atoms with van der Waals surface area (Å²) in [6.45, 7) is 3.42. The lowest BCUT2D eigenvalue weighted by atomic mass is 10.0. The number of amides is 1. The SMILES string of the molecule is CCOC(=O)N1CCC(n2ccnc2-c2cc3ccc(OC)cc3[nH]c2=O)CC1. The highest BCUT2D eigenvalue weighted by Crippen LogP contribution is 2.28. The highest BCUT2D eigenvalue weighted by molar-refractivity contribution is 5.83. The first-order chi connectivity index (χ1) is 14.1. The van der Waals surface area contributed by atoms with Crippen molar-refractivity contribution >= 4 is 17.0 Å². The summed E-state index contributed by atoms with van der Waals surface area (Å²) in [7, 11) is 1.59. The van der Waals surface area contributed by atoms with Gasteiger partial charge in [0.05, 0.1) is 24.8 Å². The number of hydrogen-bond acceptors (Lipinski definition) is 5. The zero-order valence-corrected chi connectivity index (χ0v) is 16.6. The average molecular weight is 396 g/mol. The van der Waals surface area contributed by atoms with Gasteiger partial charge in [-0.3, -0.25) is 4.79 Å². The van der Waals surface area contributed by atoms with Crippen LogP contribution in [0.25, 0.3) is 22.3 Å². The number of aromatic nitrogens is 3. The number of H-pyrrole nitrogens is 1. The van der Waals surface area contributed by atoms with E-state index in [1.165, 1.54) is 0 Å². The Morgan fingerprint density at radius 1 is 1.28 bits per heavy atom. The second kappa shape index (κ2) is 7.98. The predicted molar refractivity (Wildman–Crippen MR) is 109 cm³/mol. The van der Waals surface area contributed by atoms with E-state index >= 15 is 0 Å². The molecule has 0 aliphatic carbocycles. The molecule has 0 atom stereocenters. The summed E-state index contributed by atoms with van der Waals surface area (Å²) in [5.41, 5.74) is 1.06. The third kappa shape index (κ3) is 3.70. The number of pyridine rings is 1. The third-order valence-electron chi connectivity index (χ3n) is 5.35. The maximum Gasteiger partial charge on any atom is 0.409 e. The summed E-state index contributed by atoms with van der Waals surface area (Å²) in [5, 5.41) is 0.909. The number of nitrogens with one attached hydrogen (secondary N) is 1. The van der Waals surface area contributed by atoms with Crippen LogP contribution in [0.5, 0.6) is 5.75 Å². The number of methoxy groups -OCH3 is 1. The Hall–Kier alpha value is -3.29. The van der Waals surface area contributed by atoms with Gasteiger partial charge in [-0.05, 0) is 43.4 Å². The zero-order chi connectivity index (χ0) is 20.4. The van der Waals surface area contributed by atoms with Crippen molar-refractivity contribution in [2.24, 2.45) is 0 Å². The molecular formula is C21H24N4O4. The van der Waals surface area contributed by atoms with Crippen LogP contribution in [0.2, 0.25) is 0 Å². The molecule has 0 bridgehead atoms. The first kappa shape index (κ1) is 19.0. The molecule has 0 radical (unpaired) electrons. The number of carbonyl (C=O) groups is 1. The molecule has 2 aromatic heterocycles. The van der Waals surface area contributed by atoms with Crippen molar-refractivity contribution in [3.8, 4) is 17.1 Å². The van der Waals surface area contributed by atoms with E-state index in [9.17, 15) is 9.59 Å². The molecule has 29 heavy (non-hydrogen) atoms. The van der Waals surface area contributed by atoms with Gasteiger partial charge in [-0.1, -0.05) is 0 Å². The van der Waals surface area contributed by atoms with Crippen molar-refractivity contribution in [1.29, 1.82) is 0 Å². The van der Waals surface area contributed by atoms with Crippen molar-refractivity contribution in [3.05, 3.63) is 47.0 Å². The number of imidazole rings is 1. The van der Waals surface area contributed by atoms with Gasteiger partial charge in [0, 0.05) is 37.6 Å². The molecule has 1 aliphatic rings. The fraction of sp³-hybridized carbons (Fsp3) is 0.381. The van der Waals surface area contributed by atoms with Crippen LogP contribution >= 0.6 is 0 Å². The van der Waals surface area contributed by atoms with Crippen LogP contribution in [-0.4, -0.2) is 52.3 Å². The summed E-state index contributed by atoms with van der Waals surface area (Å²) in [6, 6.07) is 7.61. The molecular weight excluding hydrogens is 372 g/mol. The number of ether oxygens (including phenoxy) is 2. The molecule has 8 nitrogen and oxygen atoms in total. The first-order valence-electron chi connectivity index (χ1n) is 9.76. The minimum Gasteiger partial charge on any atom is -0.497 e. The van der Waals surface area contributed by atoms with Crippen LogP contribution in [0.3, 0.4) is 0 Å².